The highest BCUT2D eigenvalue weighted by atomic mass is 16.5. The number of nitrogens with zero attached hydrogens (tertiary/aromatic N) is 1. The highest BCUT2D eigenvalue weighted by molar-refractivity contribution is 6.27. The molecule has 12 heteroatoms. The van der Waals surface area contributed by atoms with E-state index in [1.807, 2.05) is 0 Å². The highest BCUT2D eigenvalue weighted by Gasteiger charge is 2.68. The maximum Gasteiger partial charge on any atom is 0.244 e. The average Bonchev–Trinajstić information content (AvgIpc) is 2.57. The molecule has 1 aliphatic carbocycles. The molecule has 1 fully saturated rings. The Kier molecular flexibility index (Phi) is 6.81. The quantitative estimate of drug-likeness (QED) is 0.125. The van der Waals surface area contributed by atoms with Crippen molar-refractivity contribution >= 4 is 29.1 Å². The van der Waals surface area contributed by atoms with Crippen LogP contribution in [0, 0.1) is 17.3 Å². The lowest BCUT2D eigenvalue weighted by molar-refractivity contribution is -0.873. The van der Waals surface area contributed by atoms with Crippen molar-refractivity contribution < 1.29 is 59.1 Å². The molecule has 1 rings (SSSR count). The van der Waals surface area contributed by atoms with Crippen molar-refractivity contribution in [1.29, 1.82) is 0 Å². The van der Waals surface area contributed by atoms with E-state index in [2.05, 4.69) is 0 Å². The van der Waals surface area contributed by atoms with Gasteiger partial charge in [-0.25, -0.2) is 0 Å². The number of carbonyl (C=O) groups is 5. The third-order valence-corrected chi connectivity index (χ3v) is 5.49. The zero-order valence-corrected chi connectivity index (χ0v) is 17.3. The molecule has 3 unspecified atom stereocenters. The third-order valence-electron chi connectivity index (χ3n) is 5.49. The minimum Gasteiger partial charge on any atom is -0.549 e. The summed E-state index contributed by atoms with van der Waals surface area (Å²) in [5.74, 6) is -20.3. The number of carboxylic acid groups (broad SMARTS) is 1. The molecule has 0 radical (unpaired) electrons. The Morgan fingerprint density at radius 3 is 1.83 bits per heavy atom. The Bertz CT molecular complexity index is 763. The van der Waals surface area contributed by atoms with Gasteiger partial charge in [0.2, 0.25) is 23.1 Å². The fourth-order valence-electron chi connectivity index (χ4n) is 3.22. The number of aliphatic hydroxyl groups excluding tert-OH is 1. The summed E-state index contributed by atoms with van der Waals surface area (Å²) in [5.41, 5.74) is -2.57. The maximum absolute atomic E-state index is 12.5. The van der Waals surface area contributed by atoms with E-state index in [1.54, 1.807) is 21.1 Å². The molecule has 0 aromatic heterocycles. The number of carbonyl (C=O) groups excluding carboxylic acids is 5. The number of rotatable bonds is 10. The van der Waals surface area contributed by atoms with E-state index < -0.39 is 70.5 Å². The number of ketones is 4. The van der Waals surface area contributed by atoms with E-state index in [1.165, 1.54) is 0 Å². The Hall–Kier alpha value is -2.09. The fraction of sp³-hybridized carbons (Fsp3) is 0.722. The van der Waals surface area contributed by atoms with Crippen LogP contribution < -0.4 is 5.11 Å². The molecule has 0 amide bonds. The molecule has 0 aromatic carbocycles. The van der Waals surface area contributed by atoms with Gasteiger partial charge in [0.15, 0.2) is 11.6 Å². The predicted molar refractivity (Wildman–Crippen MR) is 93.7 cm³/mol. The maximum atomic E-state index is 12.5. The Labute approximate surface area is 171 Å². The summed E-state index contributed by atoms with van der Waals surface area (Å²) in [7, 11) is 4.66. The number of likely N-dealkylation sites (N-methyl/N-ethyl adjacent to an activating group) is 1. The Morgan fingerprint density at radius 2 is 1.50 bits per heavy atom. The molecule has 0 saturated heterocycles. The van der Waals surface area contributed by atoms with Gasteiger partial charge in [-0.05, 0) is 13.8 Å². The second-order valence-corrected chi connectivity index (χ2v) is 8.83. The number of hydrogen-bond acceptors (Lipinski definition) is 11. The molecule has 1 aliphatic rings. The Balaban J connectivity index is 3.25. The summed E-state index contributed by atoms with van der Waals surface area (Å²) in [6.45, 7) is 1.11. The number of carboxylic acids is 1. The van der Waals surface area contributed by atoms with Gasteiger partial charge >= 0.3 is 0 Å². The van der Waals surface area contributed by atoms with Gasteiger partial charge in [0.1, 0.15) is 18.1 Å². The average molecular weight is 433 g/mol. The van der Waals surface area contributed by atoms with E-state index in [0.717, 1.165) is 6.92 Å². The topological polar surface area (TPSA) is 210 Å². The molecule has 3 atom stereocenters. The molecule has 5 N–H and O–H groups in total. The minimum atomic E-state index is -3.80. The summed E-state index contributed by atoms with van der Waals surface area (Å²) in [4.78, 5) is 59.9. The van der Waals surface area contributed by atoms with Crippen molar-refractivity contribution in [1.82, 2.24) is 0 Å². The van der Waals surface area contributed by atoms with E-state index in [-0.39, 0.29) is 11.0 Å². The van der Waals surface area contributed by atoms with Crippen LogP contribution in [0.1, 0.15) is 20.3 Å². The number of aliphatic carboxylic acids is 1. The second-order valence-electron chi connectivity index (χ2n) is 8.83. The lowest BCUT2D eigenvalue weighted by Gasteiger charge is -2.44. The monoisotopic (exact) mass is 433 g/mol. The molecule has 0 aliphatic heterocycles. The zero-order valence-electron chi connectivity index (χ0n) is 17.3. The highest BCUT2D eigenvalue weighted by Crippen LogP contribution is 2.44. The van der Waals surface area contributed by atoms with Crippen molar-refractivity contribution in [2.45, 2.75) is 37.9 Å². The second kappa shape index (κ2) is 7.87. The molecule has 30 heavy (non-hydrogen) atoms. The summed E-state index contributed by atoms with van der Waals surface area (Å²) in [5, 5.41) is 62.3. The number of Topliss-reactive ketones (excluding diaryl/α,β-unsaturated/α-hetero) is 4. The summed E-state index contributed by atoms with van der Waals surface area (Å²) in [6.07, 6.45) is -2.60. The van der Waals surface area contributed by atoms with Gasteiger partial charge in [-0.2, -0.15) is 0 Å². The first-order chi connectivity index (χ1) is 13.2. The van der Waals surface area contributed by atoms with Crippen LogP contribution >= 0.6 is 0 Å². The zero-order chi connectivity index (χ0) is 24.0. The smallest absolute Gasteiger partial charge is 0.244 e. The first kappa shape index (κ1) is 25.9. The predicted octanol–water partition coefficient (Wildman–Crippen LogP) is -4.90. The molecule has 0 bridgehead atoms. The van der Waals surface area contributed by atoms with Crippen LogP contribution in [0.2, 0.25) is 0 Å². The normalized spacial score (nSPS) is 20.2. The molecule has 0 heterocycles. The lowest BCUT2D eigenvalue weighted by Crippen LogP contribution is -2.69. The van der Waals surface area contributed by atoms with Crippen molar-refractivity contribution in [2.75, 3.05) is 27.7 Å². The third kappa shape index (κ3) is 4.19. The standard InChI is InChI=1S/C18H27NO11/c1-8(13(23)18(29,30)16(2)10(21)6-11(16)22)17(27,28)14(24)12(15(25)26)9(20)7-19(3,4)5/h8-9,12,20,27-30H,6-7H2,1-5H3. The molecule has 0 spiro atoms. The van der Waals surface area contributed by atoms with E-state index in [0.29, 0.717) is 6.92 Å². The summed E-state index contributed by atoms with van der Waals surface area (Å²) in [6, 6.07) is 0. The van der Waals surface area contributed by atoms with Gasteiger partial charge in [0.25, 0.3) is 0 Å². The van der Waals surface area contributed by atoms with Crippen LogP contribution in [-0.4, -0.2) is 104 Å². The van der Waals surface area contributed by atoms with Crippen molar-refractivity contribution in [2.24, 2.45) is 17.3 Å². The van der Waals surface area contributed by atoms with Crippen LogP contribution in [0.15, 0.2) is 0 Å². The minimum absolute atomic E-state index is 0.0183. The first-order valence-electron chi connectivity index (χ1n) is 8.97. The molecular formula is C18H27NO11. The van der Waals surface area contributed by atoms with Gasteiger partial charge in [0, 0.05) is 0 Å². The lowest BCUT2D eigenvalue weighted by atomic mass is 9.60. The van der Waals surface area contributed by atoms with E-state index in [9.17, 15) is 54.6 Å². The van der Waals surface area contributed by atoms with Crippen LogP contribution in [-0.2, 0) is 24.0 Å². The van der Waals surface area contributed by atoms with Crippen LogP contribution in [0.25, 0.3) is 0 Å². The first-order valence-corrected chi connectivity index (χ1v) is 8.97. The van der Waals surface area contributed by atoms with Gasteiger partial charge in [-0.1, -0.05) is 0 Å². The molecule has 0 aromatic rings. The number of hydrogen-bond donors (Lipinski definition) is 5. The van der Waals surface area contributed by atoms with Gasteiger partial charge in [-0.3, -0.25) is 19.2 Å². The summed E-state index contributed by atoms with van der Waals surface area (Å²) < 4.78 is -0.0183. The van der Waals surface area contributed by atoms with Crippen molar-refractivity contribution in [3.8, 4) is 0 Å². The fourth-order valence-corrected chi connectivity index (χ4v) is 3.22. The van der Waals surface area contributed by atoms with Crippen LogP contribution in [0.3, 0.4) is 0 Å². The molecule has 170 valence electrons. The van der Waals surface area contributed by atoms with Crippen molar-refractivity contribution in [3.05, 3.63) is 0 Å². The van der Waals surface area contributed by atoms with Crippen LogP contribution in [0.4, 0.5) is 0 Å². The van der Waals surface area contributed by atoms with E-state index >= 15 is 0 Å². The molecular weight excluding hydrogens is 406 g/mol. The Morgan fingerprint density at radius 1 is 1.07 bits per heavy atom. The van der Waals surface area contributed by atoms with E-state index in [4.69, 9.17) is 0 Å². The largest absolute Gasteiger partial charge is 0.549 e. The van der Waals surface area contributed by atoms with Gasteiger partial charge in [0.05, 0.1) is 45.4 Å². The van der Waals surface area contributed by atoms with Crippen molar-refractivity contribution in [3.63, 3.8) is 0 Å². The summed E-state index contributed by atoms with van der Waals surface area (Å²) >= 11 is 0. The van der Waals surface area contributed by atoms with Gasteiger partial charge < -0.3 is 39.9 Å². The molecule has 12 nitrogen and oxygen atoms in total. The number of aliphatic hydroxyl groups is 5. The van der Waals surface area contributed by atoms with Gasteiger partial charge in [-0.15, -0.1) is 0 Å². The molecule has 1 saturated carbocycles. The number of quaternary nitrogens is 1. The SMILES string of the molecule is CC(C(=O)C(O)(O)C1(C)C(=O)CC1=O)C(O)(O)C(=O)C(C(=O)[O-])C(O)C[N+](C)(C)C. The van der Waals surface area contributed by atoms with Crippen LogP contribution in [0.5, 0.6) is 0 Å².